The molecule has 0 bridgehead atoms. The second-order valence-corrected chi connectivity index (χ2v) is 5.42. The number of halogens is 2. The molecule has 20 heavy (non-hydrogen) atoms. The zero-order valence-corrected chi connectivity index (χ0v) is 13.5. The number of rotatable bonds is 5. The van der Waals surface area contributed by atoms with Crippen molar-refractivity contribution in [2.45, 2.75) is 0 Å². The van der Waals surface area contributed by atoms with E-state index >= 15 is 0 Å². The van der Waals surface area contributed by atoms with Crippen molar-refractivity contribution in [1.82, 2.24) is 0 Å². The fourth-order valence-corrected chi connectivity index (χ4v) is 2.13. The van der Waals surface area contributed by atoms with Gasteiger partial charge < -0.3 is 0 Å². The van der Waals surface area contributed by atoms with Crippen LogP contribution in [-0.2, 0) is 0 Å². The number of thiocarbonyl (C=S) groups is 2. The highest BCUT2D eigenvalue weighted by atomic mass is 35.5. The molecule has 0 aliphatic carbocycles. The van der Waals surface area contributed by atoms with Gasteiger partial charge in [0.05, 0.1) is 25.4 Å². The van der Waals surface area contributed by atoms with Crippen molar-refractivity contribution in [3.63, 3.8) is 0 Å². The number of hydrogen-bond acceptors (Lipinski definition) is 3. The summed E-state index contributed by atoms with van der Waals surface area (Å²) in [5.74, 6) is 0. The van der Waals surface area contributed by atoms with Crippen molar-refractivity contribution in [1.29, 1.82) is 5.26 Å². The van der Waals surface area contributed by atoms with Gasteiger partial charge in [-0.25, -0.2) is 0 Å². The molecule has 0 saturated heterocycles. The fraction of sp³-hybridized carbons (Fsp3) is 0. The van der Waals surface area contributed by atoms with Crippen LogP contribution in [0, 0.1) is 11.3 Å². The topological polar surface area (TPSA) is 23.8 Å². The van der Waals surface area contributed by atoms with Crippen molar-refractivity contribution in [3.05, 3.63) is 64.7 Å². The molecule has 1 rings (SSSR count). The molecule has 100 valence electrons. The minimum atomic E-state index is 0.124. The van der Waals surface area contributed by atoms with E-state index in [9.17, 15) is 5.26 Å². The van der Waals surface area contributed by atoms with Crippen LogP contribution in [0.3, 0.4) is 0 Å². The van der Waals surface area contributed by atoms with Gasteiger partial charge in [0.2, 0.25) is 0 Å². The van der Waals surface area contributed by atoms with Crippen molar-refractivity contribution in [2.75, 3.05) is 0 Å². The Hall–Kier alpha value is -1.31. The minimum absolute atomic E-state index is 0.124. The molecule has 0 unspecified atom stereocenters. The second-order valence-electron chi connectivity index (χ2n) is 3.70. The molecule has 1 aromatic rings. The summed E-state index contributed by atoms with van der Waals surface area (Å²) in [4.78, 5) is 0.387. The number of benzene rings is 1. The molecule has 0 heterocycles. The lowest BCUT2D eigenvalue weighted by Gasteiger charge is -2.12. The van der Waals surface area contributed by atoms with Gasteiger partial charge in [0.1, 0.15) is 6.07 Å². The largest absolute Gasteiger partial charge is 0.192 e. The van der Waals surface area contributed by atoms with Gasteiger partial charge in [-0.2, -0.15) is 5.26 Å². The molecule has 0 radical (unpaired) electrons. The van der Waals surface area contributed by atoms with Gasteiger partial charge >= 0.3 is 0 Å². The van der Waals surface area contributed by atoms with Crippen LogP contribution in [0.2, 0.25) is 0 Å². The Morgan fingerprint density at radius 1 is 1.00 bits per heavy atom. The Morgan fingerprint density at radius 3 is 1.80 bits per heavy atom. The number of allylic oxidation sites excluding steroid dienone is 4. The van der Waals surface area contributed by atoms with E-state index in [2.05, 4.69) is 19.2 Å². The molecule has 0 spiro atoms. The Bertz CT molecular complexity index is 639. The first-order chi connectivity index (χ1) is 9.40. The van der Waals surface area contributed by atoms with Gasteiger partial charge in [0.25, 0.3) is 0 Å². The van der Waals surface area contributed by atoms with Crippen LogP contribution in [0.1, 0.15) is 5.56 Å². The highest BCUT2D eigenvalue weighted by molar-refractivity contribution is 7.83. The molecule has 0 saturated carbocycles. The predicted molar refractivity (Wildman–Crippen MR) is 94.2 cm³/mol. The van der Waals surface area contributed by atoms with Crippen LogP contribution in [-0.4, -0.2) is 9.73 Å². The normalized spacial score (nSPS) is 9.25. The van der Waals surface area contributed by atoms with E-state index in [1.165, 1.54) is 0 Å². The van der Waals surface area contributed by atoms with Crippen LogP contribution < -0.4 is 0 Å². The molecule has 0 amide bonds. The maximum atomic E-state index is 9.44. The van der Waals surface area contributed by atoms with Crippen LogP contribution in [0.25, 0.3) is 5.57 Å². The maximum absolute atomic E-state index is 9.44. The molecule has 0 aliphatic heterocycles. The summed E-state index contributed by atoms with van der Waals surface area (Å²) in [5, 5.41) is 9.69. The first-order valence-corrected chi connectivity index (χ1v) is 6.95. The highest BCUT2D eigenvalue weighted by Crippen LogP contribution is 2.26. The third-order valence-electron chi connectivity index (χ3n) is 2.37. The Balaban J connectivity index is 3.63. The quantitative estimate of drug-likeness (QED) is 0.418. The maximum Gasteiger partial charge on any atom is 0.100 e. The zero-order valence-electron chi connectivity index (χ0n) is 10.3. The number of hydrogen-bond donors (Lipinski definition) is 0. The first-order valence-electron chi connectivity index (χ1n) is 5.38. The zero-order chi connectivity index (χ0) is 15.3. The van der Waals surface area contributed by atoms with E-state index in [0.717, 1.165) is 0 Å². The SMILES string of the molecule is C=C(Cl)C(=S)C(C(=S)C(=C)Cl)=C(C#N)c1ccccc1. The molecule has 0 fully saturated rings. The highest BCUT2D eigenvalue weighted by Gasteiger charge is 2.20. The van der Waals surface area contributed by atoms with E-state index in [0.29, 0.717) is 16.7 Å². The Kier molecular flexibility index (Phi) is 6.25. The summed E-state index contributed by atoms with van der Waals surface area (Å²) in [5.41, 5.74) is 1.28. The Morgan fingerprint density at radius 2 is 1.45 bits per heavy atom. The van der Waals surface area contributed by atoms with Crippen molar-refractivity contribution < 1.29 is 0 Å². The lowest BCUT2D eigenvalue weighted by atomic mass is 9.96. The average molecular weight is 338 g/mol. The monoisotopic (exact) mass is 337 g/mol. The molecule has 5 heteroatoms. The van der Waals surface area contributed by atoms with Crippen LogP contribution in [0.4, 0.5) is 0 Å². The summed E-state index contributed by atoms with van der Waals surface area (Å²) in [6.45, 7) is 7.15. The van der Waals surface area contributed by atoms with Crippen molar-refractivity contribution >= 4 is 62.9 Å². The first kappa shape index (κ1) is 16.7. The second kappa shape index (κ2) is 7.47. The van der Waals surface area contributed by atoms with Gasteiger partial charge in [-0.15, -0.1) is 0 Å². The predicted octanol–water partition coefficient (Wildman–Crippen LogP) is 5.21. The van der Waals surface area contributed by atoms with Crippen LogP contribution >= 0.6 is 47.6 Å². The Labute approximate surface area is 138 Å². The van der Waals surface area contributed by atoms with Crippen LogP contribution in [0.5, 0.6) is 0 Å². The fourth-order valence-electron chi connectivity index (χ4n) is 1.47. The van der Waals surface area contributed by atoms with Gasteiger partial charge in [0.15, 0.2) is 0 Å². The molecular formula is C15H9Cl2NS2. The van der Waals surface area contributed by atoms with Gasteiger partial charge in [-0.05, 0) is 5.56 Å². The smallest absolute Gasteiger partial charge is 0.100 e. The van der Waals surface area contributed by atoms with Gasteiger partial charge in [-0.3, -0.25) is 0 Å². The molecule has 0 aliphatic rings. The summed E-state index contributed by atoms with van der Waals surface area (Å²) in [7, 11) is 0. The average Bonchev–Trinajstić information content (AvgIpc) is 2.43. The third kappa shape index (κ3) is 3.84. The van der Waals surface area contributed by atoms with E-state index in [1.807, 2.05) is 6.07 Å². The molecule has 1 nitrogen and oxygen atoms in total. The number of nitrogens with zero attached hydrogens (tertiary/aromatic N) is 1. The number of nitriles is 1. The third-order valence-corrected chi connectivity index (χ3v) is 3.87. The lowest BCUT2D eigenvalue weighted by Crippen LogP contribution is -2.12. The summed E-state index contributed by atoms with van der Waals surface area (Å²) < 4.78 is 0. The summed E-state index contributed by atoms with van der Waals surface area (Å²) in [6.07, 6.45) is 0. The molecule has 0 atom stereocenters. The van der Waals surface area contributed by atoms with Gasteiger partial charge in [0, 0.05) is 5.57 Å². The van der Waals surface area contributed by atoms with E-state index in [1.54, 1.807) is 24.3 Å². The molecular weight excluding hydrogens is 329 g/mol. The van der Waals surface area contributed by atoms with E-state index < -0.39 is 0 Å². The standard InChI is InChI=1S/C15H9Cl2NS2/c1-9(16)14(19)13(15(20)10(2)17)12(8-18)11-6-4-3-5-7-11/h3-7H,1-2H2. The van der Waals surface area contributed by atoms with E-state index in [-0.39, 0.29) is 19.8 Å². The molecule has 1 aromatic carbocycles. The van der Waals surface area contributed by atoms with E-state index in [4.69, 9.17) is 47.6 Å². The van der Waals surface area contributed by atoms with Gasteiger partial charge in [-0.1, -0.05) is 91.1 Å². The summed E-state index contributed by atoms with van der Waals surface area (Å²) >= 11 is 22.1. The summed E-state index contributed by atoms with van der Waals surface area (Å²) in [6, 6.07) is 11.1. The minimum Gasteiger partial charge on any atom is -0.192 e. The van der Waals surface area contributed by atoms with Crippen molar-refractivity contribution in [3.8, 4) is 6.07 Å². The molecule has 0 N–H and O–H groups in total. The van der Waals surface area contributed by atoms with Crippen molar-refractivity contribution in [2.24, 2.45) is 0 Å². The lowest BCUT2D eigenvalue weighted by molar-refractivity contribution is 1.52. The van der Waals surface area contributed by atoms with Crippen LogP contribution in [0.15, 0.2) is 59.1 Å². The molecule has 0 aromatic heterocycles.